The summed E-state index contributed by atoms with van der Waals surface area (Å²) in [6.07, 6.45) is 0. The minimum absolute atomic E-state index is 0.227. The van der Waals surface area contributed by atoms with Gasteiger partial charge >= 0.3 is 6.61 Å². The molecule has 0 aliphatic heterocycles. The maximum atomic E-state index is 13.0. The van der Waals surface area contributed by atoms with Crippen LogP contribution >= 0.6 is 0 Å². The van der Waals surface area contributed by atoms with Crippen LogP contribution in [0.15, 0.2) is 23.3 Å². The van der Waals surface area contributed by atoms with Crippen LogP contribution in [0.2, 0.25) is 0 Å². The van der Waals surface area contributed by atoms with Gasteiger partial charge in [0.05, 0.1) is 0 Å². The van der Waals surface area contributed by atoms with E-state index in [4.69, 9.17) is 16.4 Å². The summed E-state index contributed by atoms with van der Waals surface area (Å²) in [6, 6.07) is 4.24. The van der Waals surface area contributed by atoms with Gasteiger partial charge in [-0.05, 0) is 12.1 Å². The Hall–Kier alpha value is -2.76. The van der Waals surface area contributed by atoms with E-state index in [9.17, 15) is 13.2 Å². The highest BCUT2D eigenvalue weighted by Crippen LogP contribution is 2.26. The Kier molecular flexibility index (Phi) is 4.70. The molecule has 0 aromatic heterocycles. The van der Waals surface area contributed by atoms with Gasteiger partial charge in [0.25, 0.3) is 0 Å². The van der Waals surface area contributed by atoms with Gasteiger partial charge in [-0.25, -0.2) is 4.39 Å². The van der Waals surface area contributed by atoms with Crippen molar-refractivity contribution in [2.24, 2.45) is 10.8 Å². The Bertz CT molecular complexity index is 553. The van der Waals surface area contributed by atoms with Crippen molar-refractivity contribution in [3.05, 3.63) is 24.0 Å². The molecule has 0 saturated heterocycles. The molecular weight excluding hydrogens is 263 g/mol. The highest BCUT2D eigenvalue weighted by Gasteiger charge is 2.11. The first kappa shape index (κ1) is 14.3. The molecular formula is C10H8F3N5O. The average molecular weight is 271 g/mol. The van der Waals surface area contributed by atoms with Crippen LogP contribution in [0.25, 0.3) is 0 Å². The molecule has 0 bridgehead atoms. The second kappa shape index (κ2) is 6.25. The van der Waals surface area contributed by atoms with Crippen LogP contribution in [0.1, 0.15) is 0 Å². The zero-order valence-corrected chi connectivity index (χ0v) is 9.32. The van der Waals surface area contributed by atoms with Crippen molar-refractivity contribution in [2.45, 2.75) is 6.61 Å². The monoisotopic (exact) mass is 271 g/mol. The SMILES string of the molecule is N#C/C(=N\Nc1cc(F)ccc1OC(F)F)C(=N)N. The molecule has 100 valence electrons. The normalized spacial score (nSPS) is 11.0. The molecule has 0 saturated carbocycles. The molecule has 4 N–H and O–H groups in total. The van der Waals surface area contributed by atoms with Gasteiger partial charge in [-0.15, -0.1) is 0 Å². The van der Waals surface area contributed by atoms with Gasteiger partial charge in [-0.3, -0.25) is 10.8 Å². The van der Waals surface area contributed by atoms with Gasteiger partial charge < -0.3 is 10.5 Å². The van der Waals surface area contributed by atoms with Crippen LogP contribution < -0.4 is 15.9 Å². The Morgan fingerprint density at radius 1 is 1.53 bits per heavy atom. The summed E-state index contributed by atoms with van der Waals surface area (Å²) in [5, 5.41) is 18.9. The number of ether oxygens (including phenoxy) is 1. The number of hydrogen-bond donors (Lipinski definition) is 3. The molecule has 1 aromatic rings. The van der Waals surface area contributed by atoms with Gasteiger partial charge in [0.1, 0.15) is 17.6 Å². The van der Waals surface area contributed by atoms with Gasteiger partial charge in [0.15, 0.2) is 11.6 Å². The number of nitrogens with two attached hydrogens (primary N) is 1. The number of nitrogens with one attached hydrogen (secondary N) is 2. The van der Waals surface area contributed by atoms with Crippen LogP contribution in [-0.4, -0.2) is 18.2 Å². The second-order valence-electron chi connectivity index (χ2n) is 3.12. The smallest absolute Gasteiger partial charge is 0.387 e. The summed E-state index contributed by atoms with van der Waals surface area (Å²) in [5.74, 6) is -1.70. The number of hydrazone groups is 1. The minimum atomic E-state index is -3.10. The topological polar surface area (TPSA) is 107 Å². The molecule has 0 aliphatic rings. The van der Waals surface area contributed by atoms with E-state index >= 15 is 0 Å². The molecule has 19 heavy (non-hydrogen) atoms. The fraction of sp³-hybridized carbons (Fsp3) is 0.100. The largest absolute Gasteiger partial charge is 0.433 e. The molecule has 0 fully saturated rings. The summed E-state index contributed by atoms with van der Waals surface area (Å²) >= 11 is 0. The van der Waals surface area contributed by atoms with Crippen molar-refractivity contribution in [2.75, 3.05) is 5.43 Å². The highest BCUT2D eigenvalue weighted by atomic mass is 19.3. The number of amidine groups is 1. The second-order valence-corrected chi connectivity index (χ2v) is 3.12. The van der Waals surface area contributed by atoms with Crippen LogP contribution in [0.5, 0.6) is 5.75 Å². The molecule has 0 aliphatic carbocycles. The Morgan fingerprint density at radius 3 is 2.74 bits per heavy atom. The number of nitrogens with zero attached hydrogens (tertiary/aromatic N) is 2. The van der Waals surface area contributed by atoms with Crippen molar-refractivity contribution in [1.29, 1.82) is 10.7 Å². The molecule has 0 heterocycles. The molecule has 0 unspecified atom stereocenters. The number of halogens is 3. The van der Waals surface area contributed by atoms with E-state index in [1.165, 1.54) is 6.07 Å². The lowest BCUT2D eigenvalue weighted by Gasteiger charge is -2.10. The third-order valence-electron chi connectivity index (χ3n) is 1.81. The van der Waals surface area contributed by atoms with Crippen molar-refractivity contribution >= 4 is 17.2 Å². The standard InChI is InChI=1S/C10H8F3N5O/c11-5-1-2-8(19-10(12)13)6(3-5)17-18-7(4-14)9(15)16/h1-3,10,17H,(H3,15,16)/b18-7+. The quantitative estimate of drug-likeness (QED) is 0.430. The first-order valence-electron chi connectivity index (χ1n) is 4.76. The molecule has 1 rings (SSSR count). The van der Waals surface area contributed by atoms with E-state index in [1.54, 1.807) is 0 Å². The maximum absolute atomic E-state index is 13.0. The van der Waals surface area contributed by atoms with E-state index in [2.05, 4.69) is 15.3 Å². The number of nitriles is 1. The molecule has 0 radical (unpaired) electrons. The van der Waals surface area contributed by atoms with Gasteiger partial charge in [0.2, 0.25) is 5.71 Å². The Balaban J connectivity index is 3.02. The van der Waals surface area contributed by atoms with E-state index in [1.807, 2.05) is 0 Å². The molecule has 0 amide bonds. The first-order chi connectivity index (χ1) is 8.93. The lowest BCUT2D eigenvalue weighted by atomic mass is 10.3. The van der Waals surface area contributed by atoms with E-state index < -0.39 is 24.0 Å². The lowest BCUT2D eigenvalue weighted by Crippen LogP contribution is -2.22. The van der Waals surface area contributed by atoms with Crippen molar-refractivity contribution < 1.29 is 17.9 Å². The molecule has 0 atom stereocenters. The van der Waals surface area contributed by atoms with Gasteiger partial charge in [-0.2, -0.15) is 19.1 Å². The average Bonchev–Trinajstić information content (AvgIpc) is 2.32. The van der Waals surface area contributed by atoms with E-state index in [0.29, 0.717) is 0 Å². The molecule has 1 aromatic carbocycles. The summed E-state index contributed by atoms with van der Waals surface area (Å²) in [5.41, 5.74) is 6.46. The molecule has 0 spiro atoms. The van der Waals surface area contributed by atoms with Crippen LogP contribution in [0.3, 0.4) is 0 Å². The summed E-state index contributed by atoms with van der Waals surface area (Å²) in [6.45, 7) is -3.10. The Morgan fingerprint density at radius 2 is 2.21 bits per heavy atom. The predicted molar refractivity (Wildman–Crippen MR) is 61.6 cm³/mol. The predicted octanol–water partition coefficient (Wildman–Crippen LogP) is 1.65. The van der Waals surface area contributed by atoms with Crippen LogP contribution in [0.4, 0.5) is 18.9 Å². The van der Waals surface area contributed by atoms with Crippen LogP contribution in [0, 0.1) is 22.6 Å². The number of benzene rings is 1. The lowest BCUT2D eigenvalue weighted by molar-refractivity contribution is -0.0494. The fourth-order valence-electron chi connectivity index (χ4n) is 1.05. The third kappa shape index (κ3) is 4.19. The molecule has 6 nitrogen and oxygen atoms in total. The third-order valence-corrected chi connectivity index (χ3v) is 1.81. The van der Waals surface area contributed by atoms with Crippen molar-refractivity contribution in [3.63, 3.8) is 0 Å². The summed E-state index contributed by atoms with van der Waals surface area (Å²) < 4.78 is 41.3. The highest BCUT2D eigenvalue weighted by molar-refractivity contribution is 6.45. The summed E-state index contributed by atoms with van der Waals surface area (Å²) in [4.78, 5) is 0. The zero-order valence-electron chi connectivity index (χ0n) is 9.32. The van der Waals surface area contributed by atoms with E-state index in [-0.39, 0.29) is 11.4 Å². The van der Waals surface area contributed by atoms with Gasteiger partial charge in [0, 0.05) is 6.07 Å². The van der Waals surface area contributed by atoms with Gasteiger partial charge in [-0.1, -0.05) is 0 Å². The zero-order chi connectivity index (χ0) is 14.4. The Labute approximate surface area is 105 Å². The fourth-order valence-corrected chi connectivity index (χ4v) is 1.05. The number of rotatable bonds is 5. The van der Waals surface area contributed by atoms with Crippen LogP contribution in [-0.2, 0) is 0 Å². The molecule has 9 heteroatoms. The summed E-state index contributed by atoms with van der Waals surface area (Å²) in [7, 11) is 0. The number of hydrogen-bond acceptors (Lipinski definition) is 5. The first-order valence-corrected chi connectivity index (χ1v) is 4.76. The minimum Gasteiger partial charge on any atom is -0.433 e. The van der Waals surface area contributed by atoms with E-state index in [0.717, 1.165) is 18.2 Å². The van der Waals surface area contributed by atoms with Crippen molar-refractivity contribution in [3.8, 4) is 11.8 Å². The number of anilines is 1. The maximum Gasteiger partial charge on any atom is 0.387 e. The number of alkyl halides is 2. The van der Waals surface area contributed by atoms with Crippen molar-refractivity contribution in [1.82, 2.24) is 0 Å².